The van der Waals surface area contributed by atoms with Gasteiger partial charge in [-0.05, 0) is 31.0 Å². The van der Waals surface area contributed by atoms with Crippen molar-refractivity contribution in [3.05, 3.63) is 28.8 Å². The molecule has 1 saturated heterocycles. The highest BCUT2D eigenvalue weighted by molar-refractivity contribution is 6.33. The quantitative estimate of drug-likeness (QED) is 0.899. The molecule has 116 valence electrons. The van der Waals surface area contributed by atoms with Gasteiger partial charge in [-0.1, -0.05) is 11.6 Å². The van der Waals surface area contributed by atoms with Crippen molar-refractivity contribution < 1.29 is 22.7 Å². The Morgan fingerprint density at radius 1 is 1.43 bits per heavy atom. The lowest BCUT2D eigenvalue weighted by molar-refractivity contribution is -0.137. The number of carbonyl (C=O) groups excluding carboxylic acids is 1. The van der Waals surface area contributed by atoms with E-state index in [1.807, 2.05) is 0 Å². The number of anilines is 1. The third-order valence-electron chi connectivity index (χ3n) is 3.21. The number of carbonyl (C=O) groups is 1. The number of nitrogens with two attached hydrogens (primary N) is 1. The Bertz CT molecular complexity index is 537. The van der Waals surface area contributed by atoms with Crippen LogP contribution in [-0.2, 0) is 15.7 Å². The minimum atomic E-state index is -4.50. The van der Waals surface area contributed by atoms with Gasteiger partial charge in [-0.25, -0.2) is 0 Å². The van der Waals surface area contributed by atoms with Gasteiger partial charge in [-0.2, -0.15) is 13.2 Å². The molecule has 2 unspecified atom stereocenters. The summed E-state index contributed by atoms with van der Waals surface area (Å²) in [5.74, 6) is -0.521. The van der Waals surface area contributed by atoms with Gasteiger partial charge >= 0.3 is 6.18 Å². The number of amides is 1. The van der Waals surface area contributed by atoms with Crippen molar-refractivity contribution in [2.75, 3.05) is 11.9 Å². The SMILES string of the molecule is NCC1CCC(C(=O)Nc2cc(C(F)(F)F)ccc2Cl)O1. The highest BCUT2D eigenvalue weighted by Gasteiger charge is 2.33. The topological polar surface area (TPSA) is 64.4 Å². The summed E-state index contributed by atoms with van der Waals surface area (Å²) in [4.78, 5) is 12.0. The van der Waals surface area contributed by atoms with E-state index in [2.05, 4.69) is 5.32 Å². The summed E-state index contributed by atoms with van der Waals surface area (Å²) in [6.45, 7) is 0.300. The maximum absolute atomic E-state index is 12.6. The second kappa shape index (κ2) is 6.21. The van der Waals surface area contributed by atoms with Gasteiger partial charge in [-0.15, -0.1) is 0 Å². The number of halogens is 4. The standard InChI is InChI=1S/C13H14ClF3N2O2/c14-9-3-1-7(13(15,16)17)5-10(9)19-12(20)11-4-2-8(6-18)21-11/h1,3,5,8,11H,2,4,6,18H2,(H,19,20). The lowest BCUT2D eigenvalue weighted by Gasteiger charge is -2.15. The fourth-order valence-electron chi connectivity index (χ4n) is 2.08. The molecule has 0 aromatic heterocycles. The smallest absolute Gasteiger partial charge is 0.364 e. The molecule has 8 heteroatoms. The molecule has 1 aliphatic rings. The first kappa shape index (κ1) is 16.1. The van der Waals surface area contributed by atoms with Crippen LogP contribution in [0.5, 0.6) is 0 Å². The maximum Gasteiger partial charge on any atom is 0.416 e. The van der Waals surface area contributed by atoms with Crippen LogP contribution < -0.4 is 11.1 Å². The summed E-state index contributed by atoms with van der Waals surface area (Å²) in [6.07, 6.45) is -4.30. The molecule has 2 atom stereocenters. The van der Waals surface area contributed by atoms with Crippen LogP contribution in [0.4, 0.5) is 18.9 Å². The molecule has 3 N–H and O–H groups in total. The van der Waals surface area contributed by atoms with Crippen LogP contribution >= 0.6 is 11.6 Å². The normalized spacial score (nSPS) is 22.3. The molecule has 1 amide bonds. The summed E-state index contributed by atoms with van der Waals surface area (Å²) >= 11 is 5.81. The Labute approximate surface area is 124 Å². The molecule has 0 radical (unpaired) electrons. The van der Waals surface area contributed by atoms with E-state index in [9.17, 15) is 18.0 Å². The molecule has 1 aromatic rings. The Balaban J connectivity index is 2.10. The van der Waals surface area contributed by atoms with Crippen molar-refractivity contribution in [1.29, 1.82) is 0 Å². The van der Waals surface area contributed by atoms with Crippen molar-refractivity contribution >= 4 is 23.2 Å². The van der Waals surface area contributed by atoms with Gasteiger partial charge in [0.05, 0.1) is 22.4 Å². The molecule has 1 heterocycles. The van der Waals surface area contributed by atoms with Crippen molar-refractivity contribution in [3.8, 4) is 0 Å². The number of rotatable bonds is 3. The van der Waals surface area contributed by atoms with Gasteiger partial charge in [0.1, 0.15) is 6.10 Å². The van der Waals surface area contributed by atoms with Gasteiger partial charge in [-0.3, -0.25) is 4.79 Å². The lowest BCUT2D eigenvalue weighted by Crippen LogP contribution is -2.30. The van der Waals surface area contributed by atoms with E-state index in [1.165, 1.54) is 0 Å². The molecule has 1 aromatic carbocycles. The third-order valence-corrected chi connectivity index (χ3v) is 3.54. The predicted octanol–water partition coefficient (Wildman–Crippen LogP) is 2.80. The number of alkyl halides is 3. The van der Waals surface area contributed by atoms with Gasteiger partial charge in [0, 0.05) is 6.54 Å². The summed E-state index contributed by atoms with van der Waals surface area (Å²) < 4.78 is 43.3. The zero-order valence-electron chi connectivity index (χ0n) is 10.9. The lowest BCUT2D eigenvalue weighted by atomic mass is 10.1. The average molecular weight is 323 g/mol. The summed E-state index contributed by atoms with van der Waals surface area (Å²) in [5, 5.41) is 2.40. The first-order chi connectivity index (χ1) is 9.81. The number of hydrogen-bond acceptors (Lipinski definition) is 3. The van der Waals surface area contributed by atoms with Gasteiger partial charge in [0.25, 0.3) is 5.91 Å². The highest BCUT2D eigenvalue weighted by Crippen LogP contribution is 2.34. The molecule has 4 nitrogen and oxygen atoms in total. The van der Waals surface area contributed by atoms with E-state index in [1.54, 1.807) is 0 Å². The Kier molecular flexibility index (Phi) is 4.75. The van der Waals surface area contributed by atoms with Crippen LogP contribution in [-0.4, -0.2) is 24.7 Å². The molecule has 1 aliphatic heterocycles. The largest absolute Gasteiger partial charge is 0.416 e. The zero-order valence-corrected chi connectivity index (χ0v) is 11.7. The van der Waals surface area contributed by atoms with E-state index in [-0.39, 0.29) is 16.8 Å². The van der Waals surface area contributed by atoms with Gasteiger partial charge in [0.15, 0.2) is 0 Å². The van der Waals surface area contributed by atoms with Crippen molar-refractivity contribution in [2.24, 2.45) is 5.73 Å². The number of benzene rings is 1. The van der Waals surface area contributed by atoms with E-state index in [0.29, 0.717) is 19.4 Å². The van der Waals surface area contributed by atoms with Gasteiger partial charge < -0.3 is 15.8 Å². The molecule has 0 aliphatic carbocycles. The number of nitrogens with one attached hydrogen (secondary N) is 1. The van der Waals surface area contributed by atoms with Crippen molar-refractivity contribution in [3.63, 3.8) is 0 Å². The predicted molar refractivity (Wildman–Crippen MR) is 72.0 cm³/mol. The van der Waals surface area contributed by atoms with Crippen LogP contribution in [0.3, 0.4) is 0 Å². The first-order valence-electron chi connectivity index (χ1n) is 6.34. The molecular weight excluding hydrogens is 309 g/mol. The number of hydrogen-bond donors (Lipinski definition) is 2. The Morgan fingerprint density at radius 3 is 2.71 bits per heavy atom. The summed E-state index contributed by atoms with van der Waals surface area (Å²) in [7, 11) is 0. The monoisotopic (exact) mass is 322 g/mol. The zero-order chi connectivity index (χ0) is 15.6. The fraction of sp³-hybridized carbons (Fsp3) is 0.462. The number of ether oxygens (including phenoxy) is 1. The first-order valence-corrected chi connectivity index (χ1v) is 6.72. The van der Waals surface area contributed by atoms with E-state index < -0.39 is 23.8 Å². The molecule has 2 rings (SSSR count). The second-order valence-electron chi connectivity index (χ2n) is 4.74. The summed E-state index contributed by atoms with van der Waals surface area (Å²) in [5.41, 5.74) is 4.47. The van der Waals surface area contributed by atoms with E-state index in [0.717, 1.165) is 18.2 Å². The molecule has 0 saturated carbocycles. The summed E-state index contributed by atoms with van der Waals surface area (Å²) in [6, 6.07) is 2.75. The van der Waals surface area contributed by atoms with Gasteiger partial charge in [0.2, 0.25) is 0 Å². The third kappa shape index (κ3) is 3.87. The van der Waals surface area contributed by atoms with Crippen molar-refractivity contribution in [1.82, 2.24) is 0 Å². The Hall–Kier alpha value is -1.31. The van der Waals surface area contributed by atoms with Crippen LogP contribution in [0, 0.1) is 0 Å². The highest BCUT2D eigenvalue weighted by atomic mass is 35.5. The van der Waals surface area contributed by atoms with Crippen LogP contribution in [0.15, 0.2) is 18.2 Å². The molecule has 0 bridgehead atoms. The van der Waals surface area contributed by atoms with Crippen LogP contribution in [0.2, 0.25) is 5.02 Å². The maximum atomic E-state index is 12.6. The fourth-order valence-corrected chi connectivity index (χ4v) is 2.25. The van der Waals surface area contributed by atoms with Crippen LogP contribution in [0.25, 0.3) is 0 Å². The molecular formula is C13H14ClF3N2O2. The van der Waals surface area contributed by atoms with Crippen molar-refractivity contribution in [2.45, 2.75) is 31.2 Å². The second-order valence-corrected chi connectivity index (χ2v) is 5.15. The molecule has 21 heavy (non-hydrogen) atoms. The van der Waals surface area contributed by atoms with E-state index >= 15 is 0 Å². The van der Waals surface area contributed by atoms with E-state index in [4.69, 9.17) is 22.1 Å². The van der Waals surface area contributed by atoms with Crippen LogP contribution in [0.1, 0.15) is 18.4 Å². The minimum absolute atomic E-state index is 0.0321. The molecule has 0 spiro atoms. The average Bonchev–Trinajstić information content (AvgIpc) is 2.88. The molecule has 1 fully saturated rings. The minimum Gasteiger partial charge on any atom is -0.364 e. The Morgan fingerprint density at radius 2 is 2.14 bits per heavy atom.